The van der Waals surface area contributed by atoms with Gasteiger partial charge in [0.25, 0.3) is 6.01 Å². The third kappa shape index (κ3) is 1.08. The Morgan fingerprint density at radius 1 is 1.75 bits per heavy atom. The highest BCUT2D eigenvalue weighted by atomic mass is 16.4. The molecule has 0 saturated heterocycles. The maximum atomic E-state index is 5.45. The lowest BCUT2D eigenvalue weighted by molar-refractivity contribution is 0.522. The molecule has 0 aliphatic heterocycles. The highest BCUT2D eigenvalue weighted by Gasteiger charge is 2.27. The van der Waals surface area contributed by atoms with E-state index in [0.717, 1.165) is 30.8 Å². The van der Waals surface area contributed by atoms with Gasteiger partial charge in [0, 0.05) is 18.9 Å². The maximum absolute atomic E-state index is 5.45. The third-order valence-electron chi connectivity index (χ3n) is 2.30. The van der Waals surface area contributed by atoms with E-state index >= 15 is 0 Å². The van der Waals surface area contributed by atoms with E-state index in [0.29, 0.717) is 11.9 Å². The van der Waals surface area contributed by atoms with E-state index < -0.39 is 0 Å². The number of rotatable bonds is 2. The first kappa shape index (κ1) is 7.61. The summed E-state index contributed by atoms with van der Waals surface area (Å²) in [7, 11) is 1.95. The number of oxazole rings is 1. The Morgan fingerprint density at radius 3 is 3.33 bits per heavy atom. The third-order valence-corrected chi connectivity index (χ3v) is 2.30. The number of nitrogens with one attached hydrogen (secondary N) is 1. The minimum absolute atomic E-state index is 0.306. The van der Waals surface area contributed by atoms with Crippen LogP contribution >= 0.6 is 0 Å². The summed E-state index contributed by atoms with van der Waals surface area (Å²) in [4.78, 5) is 4.16. The van der Waals surface area contributed by atoms with Gasteiger partial charge in [0.05, 0.1) is 5.69 Å². The SMILES string of the molecule is CNCC1CCc2oc(N)nc21. The van der Waals surface area contributed by atoms with Crippen LogP contribution in [-0.2, 0) is 6.42 Å². The summed E-state index contributed by atoms with van der Waals surface area (Å²) < 4.78 is 5.24. The number of nitrogens with zero attached hydrogens (tertiary/aromatic N) is 1. The molecule has 1 aromatic heterocycles. The van der Waals surface area contributed by atoms with E-state index in [1.54, 1.807) is 0 Å². The lowest BCUT2D eigenvalue weighted by atomic mass is 10.1. The van der Waals surface area contributed by atoms with E-state index in [9.17, 15) is 0 Å². The van der Waals surface area contributed by atoms with Crippen molar-refractivity contribution in [1.82, 2.24) is 10.3 Å². The van der Waals surface area contributed by atoms with Crippen molar-refractivity contribution in [2.24, 2.45) is 0 Å². The van der Waals surface area contributed by atoms with Gasteiger partial charge in [0.15, 0.2) is 0 Å². The molecule has 12 heavy (non-hydrogen) atoms. The van der Waals surface area contributed by atoms with Crippen LogP contribution in [0.5, 0.6) is 0 Å². The van der Waals surface area contributed by atoms with Gasteiger partial charge in [-0.3, -0.25) is 0 Å². The predicted molar refractivity (Wildman–Crippen MR) is 45.9 cm³/mol. The summed E-state index contributed by atoms with van der Waals surface area (Å²) in [5, 5.41) is 3.14. The number of aryl methyl sites for hydroxylation is 1. The van der Waals surface area contributed by atoms with Crippen LogP contribution in [0.15, 0.2) is 4.42 Å². The van der Waals surface area contributed by atoms with E-state index in [4.69, 9.17) is 10.2 Å². The van der Waals surface area contributed by atoms with Gasteiger partial charge in [0.1, 0.15) is 5.76 Å². The molecule has 0 radical (unpaired) electrons. The number of nitrogen functional groups attached to an aromatic ring is 1. The van der Waals surface area contributed by atoms with E-state index in [1.165, 1.54) is 0 Å². The minimum Gasteiger partial charge on any atom is -0.429 e. The van der Waals surface area contributed by atoms with Crippen molar-refractivity contribution in [2.45, 2.75) is 18.8 Å². The van der Waals surface area contributed by atoms with Crippen molar-refractivity contribution in [3.8, 4) is 0 Å². The molecule has 2 rings (SSSR count). The molecular weight excluding hydrogens is 154 g/mol. The van der Waals surface area contributed by atoms with Crippen LogP contribution in [0.1, 0.15) is 23.8 Å². The van der Waals surface area contributed by atoms with Gasteiger partial charge in [-0.05, 0) is 13.5 Å². The zero-order valence-corrected chi connectivity index (χ0v) is 7.13. The van der Waals surface area contributed by atoms with Crippen molar-refractivity contribution in [3.05, 3.63) is 11.5 Å². The highest BCUT2D eigenvalue weighted by Crippen LogP contribution is 2.32. The van der Waals surface area contributed by atoms with Gasteiger partial charge >= 0.3 is 0 Å². The molecule has 1 aliphatic carbocycles. The summed E-state index contributed by atoms with van der Waals surface area (Å²) in [6, 6.07) is 0.306. The maximum Gasteiger partial charge on any atom is 0.292 e. The molecule has 1 atom stereocenters. The van der Waals surface area contributed by atoms with Crippen molar-refractivity contribution >= 4 is 6.01 Å². The molecule has 4 heteroatoms. The van der Waals surface area contributed by atoms with Crippen LogP contribution in [0.2, 0.25) is 0 Å². The van der Waals surface area contributed by atoms with Gasteiger partial charge in [0.2, 0.25) is 0 Å². The molecule has 0 bridgehead atoms. The van der Waals surface area contributed by atoms with Crippen LogP contribution < -0.4 is 11.1 Å². The lowest BCUT2D eigenvalue weighted by Gasteiger charge is -2.05. The second kappa shape index (κ2) is 2.79. The van der Waals surface area contributed by atoms with Crippen LogP contribution in [0.4, 0.5) is 6.01 Å². The van der Waals surface area contributed by atoms with Crippen LogP contribution in [0.25, 0.3) is 0 Å². The first-order valence-corrected chi connectivity index (χ1v) is 4.21. The van der Waals surface area contributed by atoms with Gasteiger partial charge in [-0.25, -0.2) is 0 Å². The van der Waals surface area contributed by atoms with Crippen LogP contribution in [0.3, 0.4) is 0 Å². The normalized spacial score (nSPS) is 21.2. The first-order chi connectivity index (χ1) is 5.81. The standard InChI is InChI=1S/C8H13N3O/c1-10-4-5-2-3-6-7(5)11-8(9)12-6/h5,10H,2-4H2,1H3,(H2,9,11). The average molecular weight is 167 g/mol. The second-order valence-corrected chi connectivity index (χ2v) is 3.15. The van der Waals surface area contributed by atoms with E-state index in [1.807, 2.05) is 7.05 Å². The summed E-state index contributed by atoms with van der Waals surface area (Å²) in [5.74, 6) is 1.47. The van der Waals surface area contributed by atoms with Crippen LogP contribution in [-0.4, -0.2) is 18.6 Å². The molecule has 0 spiro atoms. The zero-order chi connectivity index (χ0) is 8.55. The second-order valence-electron chi connectivity index (χ2n) is 3.15. The Labute approximate surface area is 71.2 Å². The predicted octanol–water partition coefficient (Wildman–Crippen LogP) is 0.506. The number of aromatic nitrogens is 1. The monoisotopic (exact) mass is 167 g/mol. The Balaban J connectivity index is 2.22. The van der Waals surface area contributed by atoms with Crippen molar-refractivity contribution in [2.75, 3.05) is 19.3 Å². The van der Waals surface area contributed by atoms with Gasteiger partial charge in [-0.1, -0.05) is 0 Å². The number of likely N-dealkylation sites (N-methyl/N-ethyl adjacent to an activating group) is 1. The van der Waals surface area contributed by atoms with E-state index in [-0.39, 0.29) is 0 Å². The first-order valence-electron chi connectivity index (χ1n) is 4.21. The number of fused-ring (bicyclic) bond motifs is 1. The molecule has 0 aromatic carbocycles. The number of anilines is 1. The van der Waals surface area contributed by atoms with Gasteiger partial charge in [-0.15, -0.1) is 0 Å². The Hall–Kier alpha value is -1.03. The van der Waals surface area contributed by atoms with Crippen molar-refractivity contribution in [3.63, 3.8) is 0 Å². The zero-order valence-electron chi connectivity index (χ0n) is 7.13. The van der Waals surface area contributed by atoms with Crippen LogP contribution in [0, 0.1) is 0 Å². The smallest absolute Gasteiger partial charge is 0.292 e. The molecule has 0 fully saturated rings. The Kier molecular flexibility index (Phi) is 1.77. The molecule has 1 unspecified atom stereocenters. The highest BCUT2D eigenvalue weighted by molar-refractivity contribution is 5.27. The summed E-state index contributed by atoms with van der Waals surface area (Å²) in [5.41, 5.74) is 6.51. The fraction of sp³-hybridized carbons (Fsp3) is 0.625. The summed E-state index contributed by atoms with van der Waals surface area (Å²) in [6.45, 7) is 0.957. The molecule has 1 aromatic rings. The number of hydrogen-bond acceptors (Lipinski definition) is 4. The Morgan fingerprint density at radius 2 is 2.58 bits per heavy atom. The van der Waals surface area contributed by atoms with E-state index in [2.05, 4.69) is 10.3 Å². The molecular formula is C8H13N3O. The molecule has 1 aliphatic rings. The molecule has 66 valence electrons. The average Bonchev–Trinajstić information content (AvgIpc) is 2.52. The number of nitrogens with two attached hydrogens (primary N) is 1. The molecule has 1 heterocycles. The number of hydrogen-bond donors (Lipinski definition) is 2. The van der Waals surface area contributed by atoms with Crippen molar-refractivity contribution < 1.29 is 4.42 Å². The van der Waals surface area contributed by atoms with Gasteiger partial charge < -0.3 is 15.5 Å². The van der Waals surface area contributed by atoms with Crippen molar-refractivity contribution in [1.29, 1.82) is 0 Å². The summed E-state index contributed by atoms with van der Waals surface area (Å²) in [6.07, 6.45) is 2.11. The molecule has 0 saturated carbocycles. The molecule has 3 N–H and O–H groups in total. The van der Waals surface area contributed by atoms with Gasteiger partial charge in [-0.2, -0.15) is 4.98 Å². The largest absolute Gasteiger partial charge is 0.429 e. The lowest BCUT2D eigenvalue weighted by Crippen LogP contribution is -2.15. The minimum atomic E-state index is 0.306. The molecule has 4 nitrogen and oxygen atoms in total. The topological polar surface area (TPSA) is 64.1 Å². The quantitative estimate of drug-likeness (QED) is 0.673. The fourth-order valence-electron chi connectivity index (χ4n) is 1.77. The molecule has 0 amide bonds. The summed E-state index contributed by atoms with van der Waals surface area (Å²) >= 11 is 0. The fourth-order valence-corrected chi connectivity index (χ4v) is 1.77. The Bertz CT molecular complexity index is 282.